The number of rotatable bonds is 4. The highest BCUT2D eigenvalue weighted by atomic mass is 35.5. The van der Waals surface area contributed by atoms with Gasteiger partial charge in [-0.3, -0.25) is 4.90 Å². The van der Waals surface area contributed by atoms with Gasteiger partial charge in [0.05, 0.1) is 6.04 Å². The molecule has 2 fully saturated rings. The summed E-state index contributed by atoms with van der Waals surface area (Å²) in [4.78, 5) is 2.52. The summed E-state index contributed by atoms with van der Waals surface area (Å²) in [5, 5.41) is 12.6. The second-order valence-electron chi connectivity index (χ2n) is 5.64. The van der Waals surface area contributed by atoms with E-state index in [1.807, 2.05) is 12.1 Å². The van der Waals surface area contributed by atoms with Crippen LogP contribution in [-0.4, -0.2) is 49.4 Å². The first-order valence-electron chi connectivity index (χ1n) is 7.60. The van der Waals surface area contributed by atoms with Crippen molar-refractivity contribution in [3.8, 4) is 0 Å². The van der Waals surface area contributed by atoms with Crippen LogP contribution in [0.4, 0.5) is 0 Å². The fourth-order valence-electron chi connectivity index (χ4n) is 3.34. The summed E-state index contributed by atoms with van der Waals surface area (Å²) < 4.78 is 11.3. The van der Waals surface area contributed by atoms with Crippen molar-refractivity contribution in [2.24, 2.45) is 5.92 Å². The van der Waals surface area contributed by atoms with Gasteiger partial charge in [-0.15, -0.1) is 24.8 Å². The molecule has 3 heterocycles. The van der Waals surface area contributed by atoms with E-state index in [-0.39, 0.29) is 31.4 Å². The summed E-state index contributed by atoms with van der Waals surface area (Å²) in [6, 6.07) is 4.25. The minimum absolute atomic E-state index is 0. The molecular formula is C15H26Cl2N2O3. The summed E-state index contributed by atoms with van der Waals surface area (Å²) in [5.41, 5.74) is 0. The lowest BCUT2D eigenvalue weighted by atomic mass is 9.88. The normalized spacial score (nSPS) is 21.7. The maximum Gasteiger partial charge on any atom is 0.129 e. The standard InChI is InChI=1S/C15H24N2O3.2ClH/c18-11-13-1-2-14(20-13)15(12-3-9-19-10-4-12)17-7-5-16-6-8-17;;/h1-2,12,15-16,18H,3-11H2;2*1H/t15-;;/m0../s1. The Balaban J connectivity index is 0.00000121. The first-order valence-corrected chi connectivity index (χ1v) is 7.60. The summed E-state index contributed by atoms with van der Waals surface area (Å²) in [6.07, 6.45) is 2.17. The third-order valence-corrected chi connectivity index (χ3v) is 4.39. The zero-order valence-electron chi connectivity index (χ0n) is 12.7. The number of ether oxygens (including phenoxy) is 1. The number of hydrogen-bond donors (Lipinski definition) is 2. The molecule has 1 aromatic heterocycles. The Labute approximate surface area is 144 Å². The van der Waals surface area contributed by atoms with Crippen LogP contribution in [0.5, 0.6) is 0 Å². The summed E-state index contributed by atoms with van der Waals surface area (Å²) in [7, 11) is 0. The molecular weight excluding hydrogens is 327 g/mol. The Morgan fingerprint density at radius 1 is 1.18 bits per heavy atom. The molecule has 128 valence electrons. The van der Waals surface area contributed by atoms with Crippen molar-refractivity contribution in [3.05, 3.63) is 23.7 Å². The van der Waals surface area contributed by atoms with Gasteiger partial charge in [0.15, 0.2) is 0 Å². The van der Waals surface area contributed by atoms with Crippen molar-refractivity contribution >= 4 is 24.8 Å². The van der Waals surface area contributed by atoms with E-state index < -0.39 is 0 Å². The molecule has 2 saturated heterocycles. The first-order chi connectivity index (χ1) is 9.88. The van der Waals surface area contributed by atoms with E-state index >= 15 is 0 Å². The number of nitrogens with one attached hydrogen (secondary N) is 1. The van der Waals surface area contributed by atoms with Crippen molar-refractivity contribution in [1.29, 1.82) is 0 Å². The molecule has 2 aliphatic rings. The van der Waals surface area contributed by atoms with Crippen molar-refractivity contribution in [2.75, 3.05) is 39.4 Å². The van der Waals surface area contributed by atoms with Gasteiger partial charge in [0.1, 0.15) is 18.1 Å². The molecule has 1 atom stereocenters. The van der Waals surface area contributed by atoms with Gasteiger partial charge in [-0.05, 0) is 30.9 Å². The fraction of sp³-hybridized carbons (Fsp3) is 0.733. The minimum Gasteiger partial charge on any atom is -0.462 e. The maximum atomic E-state index is 9.22. The lowest BCUT2D eigenvalue weighted by Gasteiger charge is -2.39. The van der Waals surface area contributed by atoms with Gasteiger partial charge in [0, 0.05) is 39.4 Å². The zero-order valence-corrected chi connectivity index (χ0v) is 14.3. The van der Waals surface area contributed by atoms with E-state index in [1.165, 1.54) is 0 Å². The van der Waals surface area contributed by atoms with Crippen LogP contribution in [0.3, 0.4) is 0 Å². The van der Waals surface area contributed by atoms with Gasteiger partial charge >= 0.3 is 0 Å². The smallest absolute Gasteiger partial charge is 0.129 e. The van der Waals surface area contributed by atoms with E-state index in [0.29, 0.717) is 17.7 Å². The summed E-state index contributed by atoms with van der Waals surface area (Å²) in [6.45, 7) is 5.85. The van der Waals surface area contributed by atoms with Crippen LogP contribution in [0, 0.1) is 5.92 Å². The first kappa shape index (κ1) is 19.7. The highest BCUT2D eigenvalue weighted by Crippen LogP contribution is 2.36. The van der Waals surface area contributed by atoms with Crippen molar-refractivity contribution in [2.45, 2.75) is 25.5 Å². The molecule has 22 heavy (non-hydrogen) atoms. The van der Waals surface area contributed by atoms with E-state index in [0.717, 1.165) is 58.0 Å². The van der Waals surface area contributed by atoms with E-state index in [4.69, 9.17) is 9.15 Å². The quantitative estimate of drug-likeness (QED) is 0.867. The third kappa shape index (κ3) is 4.60. The minimum atomic E-state index is -0.0257. The van der Waals surface area contributed by atoms with Crippen molar-refractivity contribution in [1.82, 2.24) is 10.2 Å². The molecule has 0 spiro atoms. The van der Waals surface area contributed by atoms with Crippen LogP contribution in [0.1, 0.15) is 30.4 Å². The van der Waals surface area contributed by atoms with Gasteiger partial charge < -0.3 is 19.6 Å². The topological polar surface area (TPSA) is 57.9 Å². The Morgan fingerprint density at radius 3 is 2.45 bits per heavy atom. The van der Waals surface area contributed by atoms with E-state index in [2.05, 4.69) is 10.2 Å². The SMILES string of the molecule is Cl.Cl.OCc1ccc([C@H](C2CCOCC2)N2CCNCC2)o1. The molecule has 5 nitrogen and oxygen atoms in total. The molecule has 1 aromatic rings. The maximum absolute atomic E-state index is 9.22. The Hall–Kier alpha value is -0.300. The fourth-order valence-corrected chi connectivity index (χ4v) is 3.34. The predicted octanol–water partition coefficient (Wildman–Crippen LogP) is 1.99. The number of hydrogen-bond acceptors (Lipinski definition) is 5. The Morgan fingerprint density at radius 2 is 1.86 bits per heavy atom. The molecule has 0 saturated carbocycles. The predicted molar refractivity (Wildman–Crippen MR) is 89.9 cm³/mol. The summed E-state index contributed by atoms with van der Waals surface area (Å²) >= 11 is 0. The largest absolute Gasteiger partial charge is 0.462 e. The monoisotopic (exact) mass is 352 g/mol. The molecule has 0 aromatic carbocycles. The molecule has 7 heteroatoms. The van der Waals surface area contributed by atoms with Crippen LogP contribution in [0.25, 0.3) is 0 Å². The average Bonchev–Trinajstić information content (AvgIpc) is 2.98. The van der Waals surface area contributed by atoms with Crippen molar-refractivity contribution < 1.29 is 14.3 Å². The van der Waals surface area contributed by atoms with Gasteiger partial charge in [-0.1, -0.05) is 0 Å². The molecule has 0 unspecified atom stereocenters. The lowest BCUT2D eigenvalue weighted by Crippen LogP contribution is -2.47. The average molecular weight is 353 g/mol. The number of aliphatic hydroxyl groups is 1. The molecule has 0 bridgehead atoms. The second-order valence-corrected chi connectivity index (χ2v) is 5.64. The molecule has 0 radical (unpaired) electrons. The molecule has 2 aliphatic heterocycles. The van der Waals surface area contributed by atoms with E-state index in [1.54, 1.807) is 0 Å². The van der Waals surface area contributed by atoms with Crippen molar-refractivity contribution in [3.63, 3.8) is 0 Å². The van der Waals surface area contributed by atoms with Gasteiger partial charge in [0.25, 0.3) is 0 Å². The van der Waals surface area contributed by atoms with Crippen LogP contribution >= 0.6 is 24.8 Å². The number of halogens is 2. The molecule has 2 N–H and O–H groups in total. The van der Waals surface area contributed by atoms with Crippen LogP contribution in [0.15, 0.2) is 16.5 Å². The second kappa shape index (κ2) is 9.75. The third-order valence-electron chi connectivity index (χ3n) is 4.39. The zero-order chi connectivity index (χ0) is 13.8. The molecule has 0 aliphatic carbocycles. The van der Waals surface area contributed by atoms with Gasteiger partial charge in [0.2, 0.25) is 0 Å². The van der Waals surface area contributed by atoms with Gasteiger partial charge in [-0.25, -0.2) is 0 Å². The Bertz CT molecular complexity index is 401. The van der Waals surface area contributed by atoms with Crippen LogP contribution < -0.4 is 5.32 Å². The van der Waals surface area contributed by atoms with E-state index in [9.17, 15) is 5.11 Å². The summed E-state index contributed by atoms with van der Waals surface area (Å²) in [5.74, 6) is 2.24. The lowest BCUT2D eigenvalue weighted by molar-refractivity contribution is 0.0141. The van der Waals surface area contributed by atoms with Crippen LogP contribution in [-0.2, 0) is 11.3 Å². The molecule has 3 rings (SSSR count). The Kier molecular flexibility index (Phi) is 8.75. The molecule has 0 amide bonds. The number of furan rings is 1. The van der Waals surface area contributed by atoms with Gasteiger partial charge in [-0.2, -0.15) is 0 Å². The van der Waals surface area contributed by atoms with Crippen LogP contribution in [0.2, 0.25) is 0 Å². The highest BCUT2D eigenvalue weighted by molar-refractivity contribution is 5.85. The number of piperazine rings is 1. The number of nitrogens with zero attached hydrogens (tertiary/aromatic N) is 1. The highest BCUT2D eigenvalue weighted by Gasteiger charge is 2.33. The number of aliphatic hydroxyl groups excluding tert-OH is 1.